The van der Waals surface area contributed by atoms with Crippen LogP contribution >= 0.6 is 0 Å². The lowest BCUT2D eigenvalue weighted by Gasteiger charge is -2.15. The Hall–Kier alpha value is -2.07. The molecule has 0 aliphatic heterocycles. The molecule has 0 aliphatic rings. The second-order valence-corrected chi connectivity index (χ2v) is 5.31. The summed E-state index contributed by atoms with van der Waals surface area (Å²) in [5.74, 6) is -0.000948. The fourth-order valence-corrected chi connectivity index (χ4v) is 2.28. The molecular weight excluding hydrogens is 266 g/mol. The highest BCUT2D eigenvalue weighted by Crippen LogP contribution is 2.29. The van der Waals surface area contributed by atoms with E-state index in [1.165, 1.54) is 0 Å². The summed E-state index contributed by atoms with van der Waals surface area (Å²) in [6.45, 7) is 1.41. The number of likely N-dealkylation sites (N-methyl/N-ethyl adjacent to an activating group) is 1. The lowest BCUT2D eigenvalue weighted by Crippen LogP contribution is -2.19. The zero-order valence-electron chi connectivity index (χ0n) is 12.5. The number of aryl methyl sites for hydroxylation is 1. The first-order valence-electron chi connectivity index (χ1n) is 7.08. The van der Waals surface area contributed by atoms with E-state index in [0.29, 0.717) is 13.0 Å². The fraction of sp³-hybridized carbons (Fsp3) is 0.353. The molecule has 0 heterocycles. The molecule has 4 heteroatoms. The highest BCUT2D eigenvalue weighted by atomic mass is 16.5. The van der Waals surface area contributed by atoms with E-state index < -0.39 is 5.97 Å². The van der Waals surface area contributed by atoms with Crippen molar-refractivity contribution in [1.29, 1.82) is 0 Å². The van der Waals surface area contributed by atoms with Crippen LogP contribution in [0.5, 0.6) is 5.75 Å². The molecule has 0 unspecified atom stereocenters. The maximum absolute atomic E-state index is 10.9. The van der Waals surface area contributed by atoms with Gasteiger partial charge in [0.15, 0.2) is 0 Å². The smallest absolute Gasteiger partial charge is 0.303 e. The molecule has 2 rings (SSSR count). The second-order valence-electron chi connectivity index (χ2n) is 5.31. The van der Waals surface area contributed by atoms with Crippen LogP contribution in [0.25, 0.3) is 10.8 Å². The number of aliphatic carboxylic acids is 1. The summed E-state index contributed by atoms with van der Waals surface area (Å²) in [6.07, 6.45) is 0.589. The first kappa shape index (κ1) is 15.3. The minimum atomic E-state index is -0.790. The zero-order valence-corrected chi connectivity index (χ0v) is 12.5. The van der Waals surface area contributed by atoms with Gasteiger partial charge in [-0.1, -0.05) is 30.3 Å². The van der Waals surface area contributed by atoms with E-state index in [2.05, 4.69) is 4.90 Å². The Morgan fingerprint density at radius 1 is 1.19 bits per heavy atom. The van der Waals surface area contributed by atoms with Gasteiger partial charge < -0.3 is 14.7 Å². The molecule has 0 fully saturated rings. The van der Waals surface area contributed by atoms with Crippen molar-refractivity contribution >= 4 is 16.7 Å². The zero-order chi connectivity index (χ0) is 15.2. The molecule has 112 valence electrons. The Kier molecular flexibility index (Phi) is 5.17. The minimum Gasteiger partial charge on any atom is -0.492 e. The molecule has 0 saturated heterocycles. The van der Waals surface area contributed by atoms with E-state index in [-0.39, 0.29) is 6.42 Å². The molecule has 0 radical (unpaired) electrons. The average Bonchev–Trinajstić information content (AvgIpc) is 2.45. The van der Waals surface area contributed by atoms with Crippen molar-refractivity contribution in [2.45, 2.75) is 12.8 Å². The third-order valence-electron chi connectivity index (χ3n) is 3.38. The maximum atomic E-state index is 10.9. The first-order chi connectivity index (χ1) is 10.1. The van der Waals surface area contributed by atoms with Gasteiger partial charge in [0.2, 0.25) is 0 Å². The van der Waals surface area contributed by atoms with Crippen molar-refractivity contribution in [3.05, 3.63) is 42.0 Å². The van der Waals surface area contributed by atoms with Crippen LogP contribution in [0.3, 0.4) is 0 Å². The van der Waals surface area contributed by atoms with Crippen molar-refractivity contribution in [2.24, 2.45) is 0 Å². The number of carboxylic acids is 1. The molecule has 2 aromatic rings. The summed E-state index contributed by atoms with van der Waals surface area (Å²) in [7, 11) is 3.99. The Balaban J connectivity index is 2.29. The van der Waals surface area contributed by atoms with Gasteiger partial charge in [-0.15, -0.1) is 0 Å². The van der Waals surface area contributed by atoms with Gasteiger partial charge in [0.1, 0.15) is 12.4 Å². The number of hydrogen-bond acceptors (Lipinski definition) is 3. The summed E-state index contributed by atoms with van der Waals surface area (Å²) >= 11 is 0. The van der Waals surface area contributed by atoms with Crippen molar-refractivity contribution < 1.29 is 14.6 Å². The van der Waals surface area contributed by atoms with Gasteiger partial charge in [0, 0.05) is 18.5 Å². The van der Waals surface area contributed by atoms with Gasteiger partial charge in [0.05, 0.1) is 0 Å². The van der Waals surface area contributed by atoms with E-state index in [1.807, 2.05) is 50.5 Å². The molecule has 0 bridgehead atoms. The summed E-state index contributed by atoms with van der Waals surface area (Å²) < 4.78 is 5.85. The number of ether oxygens (including phenoxy) is 1. The van der Waals surface area contributed by atoms with Gasteiger partial charge in [-0.05, 0) is 37.4 Å². The summed E-state index contributed by atoms with van der Waals surface area (Å²) in [5.41, 5.74) is 0.981. The molecule has 0 spiro atoms. The predicted molar refractivity (Wildman–Crippen MR) is 84.0 cm³/mol. The molecule has 0 amide bonds. The molecular formula is C17H21NO3. The van der Waals surface area contributed by atoms with Crippen LogP contribution in [-0.2, 0) is 11.2 Å². The van der Waals surface area contributed by atoms with E-state index in [1.54, 1.807) is 0 Å². The Morgan fingerprint density at radius 2 is 1.95 bits per heavy atom. The normalized spacial score (nSPS) is 11.0. The van der Waals surface area contributed by atoms with E-state index in [4.69, 9.17) is 9.84 Å². The lowest BCUT2D eigenvalue weighted by molar-refractivity contribution is -0.136. The first-order valence-corrected chi connectivity index (χ1v) is 7.08. The van der Waals surface area contributed by atoms with Gasteiger partial charge in [-0.3, -0.25) is 4.79 Å². The number of fused-ring (bicyclic) bond motifs is 1. The minimum absolute atomic E-state index is 0.109. The van der Waals surface area contributed by atoms with Crippen molar-refractivity contribution in [1.82, 2.24) is 4.90 Å². The molecule has 2 aromatic carbocycles. The molecule has 0 atom stereocenters. The topological polar surface area (TPSA) is 49.8 Å². The molecule has 0 aliphatic carbocycles. The van der Waals surface area contributed by atoms with E-state index in [9.17, 15) is 4.79 Å². The van der Waals surface area contributed by atoms with Gasteiger partial charge in [0.25, 0.3) is 0 Å². The third kappa shape index (κ3) is 4.20. The number of rotatable bonds is 7. The van der Waals surface area contributed by atoms with E-state index >= 15 is 0 Å². The Labute approximate surface area is 124 Å². The maximum Gasteiger partial charge on any atom is 0.303 e. The number of nitrogens with zero attached hydrogens (tertiary/aromatic N) is 1. The number of hydrogen-bond donors (Lipinski definition) is 1. The van der Waals surface area contributed by atoms with Crippen LogP contribution in [-0.4, -0.2) is 43.2 Å². The number of benzene rings is 2. The van der Waals surface area contributed by atoms with Crippen LogP contribution in [0.2, 0.25) is 0 Å². The van der Waals surface area contributed by atoms with Crippen molar-refractivity contribution in [2.75, 3.05) is 27.2 Å². The lowest BCUT2D eigenvalue weighted by atomic mass is 10.00. The van der Waals surface area contributed by atoms with Crippen molar-refractivity contribution in [3.63, 3.8) is 0 Å². The van der Waals surface area contributed by atoms with Crippen LogP contribution < -0.4 is 4.74 Å². The Morgan fingerprint density at radius 3 is 2.67 bits per heavy atom. The second kappa shape index (κ2) is 7.09. The molecule has 4 nitrogen and oxygen atoms in total. The monoisotopic (exact) mass is 287 g/mol. The van der Waals surface area contributed by atoms with Crippen LogP contribution in [0, 0.1) is 0 Å². The molecule has 0 aromatic heterocycles. The number of carboxylic acid groups (broad SMARTS) is 1. The summed E-state index contributed by atoms with van der Waals surface area (Å²) in [6, 6.07) is 12.0. The van der Waals surface area contributed by atoms with Crippen LogP contribution in [0.15, 0.2) is 36.4 Å². The van der Waals surface area contributed by atoms with Gasteiger partial charge >= 0.3 is 5.97 Å². The molecule has 0 saturated carbocycles. The predicted octanol–water partition coefficient (Wildman–Crippen LogP) is 2.80. The standard InChI is InChI=1S/C17H21NO3/c1-18(2)11-12-21-16-9-7-13-5-3-4-6-14(13)15(16)8-10-17(19)20/h3-7,9H,8,10-12H2,1-2H3,(H,19,20). The van der Waals surface area contributed by atoms with Crippen LogP contribution in [0.4, 0.5) is 0 Å². The highest BCUT2D eigenvalue weighted by Gasteiger charge is 2.10. The van der Waals surface area contributed by atoms with Gasteiger partial charge in [-0.25, -0.2) is 0 Å². The summed E-state index contributed by atoms with van der Waals surface area (Å²) in [5, 5.41) is 11.1. The van der Waals surface area contributed by atoms with E-state index in [0.717, 1.165) is 28.6 Å². The van der Waals surface area contributed by atoms with Crippen LogP contribution in [0.1, 0.15) is 12.0 Å². The average molecular weight is 287 g/mol. The number of carbonyl (C=O) groups is 1. The van der Waals surface area contributed by atoms with Gasteiger partial charge in [-0.2, -0.15) is 0 Å². The fourth-order valence-electron chi connectivity index (χ4n) is 2.28. The summed E-state index contributed by atoms with van der Waals surface area (Å²) in [4.78, 5) is 12.9. The molecule has 1 N–H and O–H groups in total. The third-order valence-corrected chi connectivity index (χ3v) is 3.38. The van der Waals surface area contributed by atoms with Crippen molar-refractivity contribution in [3.8, 4) is 5.75 Å². The largest absolute Gasteiger partial charge is 0.492 e. The SMILES string of the molecule is CN(C)CCOc1ccc2ccccc2c1CCC(=O)O. The Bertz CT molecular complexity index is 622. The molecule has 21 heavy (non-hydrogen) atoms. The quantitative estimate of drug-likeness (QED) is 0.850. The highest BCUT2D eigenvalue weighted by molar-refractivity contribution is 5.88.